The number of carbonyl (C=O) groups is 3. The van der Waals surface area contributed by atoms with Crippen molar-refractivity contribution in [2.24, 2.45) is 17.3 Å². The summed E-state index contributed by atoms with van der Waals surface area (Å²) in [6, 6.07) is 0. The van der Waals surface area contributed by atoms with Crippen molar-refractivity contribution in [3.05, 3.63) is 34.9 Å². The molecule has 0 aromatic heterocycles. The number of carbonyl (C=O) groups excluding carboxylic acids is 3. The fourth-order valence-corrected chi connectivity index (χ4v) is 3.69. The molecule has 4 unspecified atom stereocenters. The minimum Gasteiger partial charge on any atom is -0.469 e. The van der Waals surface area contributed by atoms with E-state index >= 15 is 0 Å². The maximum atomic E-state index is 12.7. The van der Waals surface area contributed by atoms with Crippen molar-refractivity contribution >= 4 is 17.7 Å². The van der Waals surface area contributed by atoms with E-state index in [0.29, 0.717) is 17.6 Å². The van der Waals surface area contributed by atoms with Gasteiger partial charge in [-0.2, -0.15) is 0 Å². The number of hydrogen-bond donors (Lipinski definition) is 0. The van der Waals surface area contributed by atoms with Gasteiger partial charge in [-0.05, 0) is 51.2 Å². The number of ether oxygens (including phenoxy) is 2. The van der Waals surface area contributed by atoms with Crippen LogP contribution in [-0.4, -0.2) is 30.9 Å². The SMILES string of the molecule is CC=C(C)C(=O)OC1CCC(C)C2(C)C=C(C(C)C(=O)OC)C(=O)C=C12. The van der Waals surface area contributed by atoms with Crippen LogP contribution in [0.5, 0.6) is 0 Å². The smallest absolute Gasteiger partial charge is 0.333 e. The second-order valence-corrected chi connectivity index (χ2v) is 7.44. The van der Waals surface area contributed by atoms with Crippen LogP contribution in [-0.2, 0) is 23.9 Å². The lowest BCUT2D eigenvalue weighted by Crippen LogP contribution is -2.42. The molecule has 1 saturated carbocycles. The van der Waals surface area contributed by atoms with E-state index in [1.165, 1.54) is 7.11 Å². The lowest BCUT2D eigenvalue weighted by atomic mass is 9.60. The molecule has 0 aromatic carbocycles. The Kier molecular flexibility index (Phi) is 5.89. The quantitative estimate of drug-likeness (QED) is 0.566. The van der Waals surface area contributed by atoms with Crippen LogP contribution in [0.15, 0.2) is 34.9 Å². The number of ketones is 1. The monoisotopic (exact) mass is 360 g/mol. The van der Waals surface area contributed by atoms with Gasteiger partial charge in [0.2, 0.25) is 0 Å². The average molecular weight is 360 g/mol. The summed E-state index contributed by atoms with van der Waals surface area (Å²) < 4.78 is 10.5. The summed E-state index contributed by atoms with van der Waals surface area (Å²) in [7, 11) is 1.32. The van der Waals surface area contributed by atoms with Crippen LogP contribution in [0.4, 0.5) is 0 Å². The number of esters is 2. The Labute approximate surface area is 155 Å². The van der Waals surface area contributed by atoms with Crippen LogP contribution >= 0.6 is 0 Å². The van der Waals surface area contributed by atoms with Crippen LogP contribution in [0.2, 0.25) is 0 Å². The second-order valence-electron chi connectivity index (χ2n) is 7.44. The molecule has 0 radical (unpaired) electrons. The van der Waals surface area contributed by atoms with Crippen LogP contribution in [0.1, 0.15) is 47.5 Å². The molecule has 0 spiro atoms. The zero-order valence-corrected chi connectivity index (χ0v) is 16.4. The molecular formula is C21H28O5. The Balaban J connectivity index is 2.38. The van der Waals surface area contributed by atoms with E-state index in [1.807, 2.05) is 13.0 Å². The first-order chi connectivity index (χ1) is 12.2. The molecule has 1 fully saturated rings. The molecule has 142 valence electrons. The van der Waals surface area contributed by atoms with Crippen molar-refractivity contribution in [3.63, 3.8) is 0 Å². The van der Waals surface area contributed by atoms with E-state index in [4.69, 9.17) is 9.47 Å². The zero-order valence-electron chi connectivity index (χ0n) is 16.4. The van der Waals surface area contributed by atoms with E-state index < -0.39 is 23.4 Å². The van der Waals surface area contributed by atoms with Gasteiger partial charge in [0.1, 0.15) is 6.10 Å². The highest BCUT2D eigenvalue weighted by atomic mass is 16.5. The van der Waals surface area contributed by atoms with Crippen molar-refractivity contribution in [1.82, 2.24) is 0 Å². The average Bonchev–Trinajstić information content (AvgIpc) is 2.63. The van der Waals surface area contributed by atoms with Crippen molar-refractivity contribution in [1.29, 1.82) is 0 Å². The van der Waals surface area contributed by atoms with Gasteiger partial charge in [0.25, 0.3) is 0 Å². The molecule has 2 aliphatic rings. The third kappa shape index (κ3) is 3.53. The first-order valence-electron chi connectivity index (χ1n) is 9.06. The lowest BCUT2D eigenvalue weighted by molar-refractivity contribution is -0.144. The van der Waals surface area contributed by atoms with Gasteiger partial charge in [-0.15, -0.1) is 0 Å². The van der Waals surface area contributed by atoms with Gasteiger partial charge >= 0.3 is 11.9 Å². The highest BCUT2D eigenvalue weighted by Gasteiger charge is 2.46. The van der Waals surface area contributed by atoms with E-state index in [2.05, 4.69) is 6.92 Å². The maximum absolute atomic E-state index is 12.7. The lowest BCUT2D eigenvalue weighted by Gasteiger charge is -2.45. The van der Waals surface area contributed by atoms with Crippen LogP contribution in [0.25, 0.3) is 0 Å². The van der Waals surface area contributed by atoms with Gasteiger partial charge in [-0.3, -0.25) is 9.59 Å². The summed E-state index contributed by atoms with van der Waals surface area (Å²) in [6.45, 7) is 9.34. The Morgan fingerprint density at radius 1 is 1.35 bits per heavy atom. The minimum absolute atomic E-state index is 0.215. The van der Waals surface area contributed by atoms with Crippen LogP contribution in [0.3, 0.4) is 0 Å². The summed E-state index contributed by atoms with van der Waals surface area (Å²) in [5, 5.41) is 0. The largest absolute Gasteiger partial charge is 0.469 e. The molecule has 0 N–H and O–H groups in total. The fraction of sp³-hybridized carbons (Fsp3) is 0.571. The molecule has 4 atom stereocenters. The molecule has 5 nitrogen and oxygen atoms in total. The van der Waals surface area contributed by atoms with Crippen LogP contribution in [0, 0.1) is 17.3 Å². The van der Waals surface area contributed by atoms with E-state index in [0.717, 1.165) is 12.0 Å². The van der Waals surface area contributed by atoms with Crippen molar-refractivity contribution in [2.45, 2.75) is 53.6 Å². The number of hydrogen-bond acceptors (Lipinski definition) is 5. The molecule has 0 bridgehead atoms. The molecule has 26 heavy (non-hydrogen) atoms. The molecular weight excluding hydrogens is 332 g/mol. The predicted octanol–water partition coefficient (Wildman–Crippen LogP) is 3.55. The van der Waals surface area contributed by atoms with E-state index in [1.54, 1.807) is 32.9 Å². The van der Waals surface area contributed by atoms with Gasteiger partial charge in [-0.25, -0.2) is 4.79 Å². The second kappa shape index (κ2) is 7.60. The molecule has 0 saturated heterocycles. The standard InChI is InChI=1S/C21H28O5/c1-7-12(2)19(23)26-18-9-8-13(3)21(5)11-15(14(4)20(24)25-6)17(22)10-16(18)21/h7,10-11,13-14,18H,8-9H2,1-6H3. The Hall–Kier alpha value is -2.17. The number of fused-ring (bicyclic) bond motifs is 1. The fourth-order valence-electron chi connectivity index (χ4n) is 3.69. The van der Waals surface area contributed by atoms with Crippen LogP contribution < -0.4 is 0 Å². The van der Waals surface area contributed by atoms with Gasteiger partial charge in [-0.1, -0.05) is 26.0 Å². The highest BCUT2D eigenvalue weighted by molar-refractivity contribution is 6.09. The molecule has 0 aliphatic heterocycles. The summed E-state index contributed by atoms with van der Waals surface area (Å²) in [6.07, 6.45) is 6.30. The molecule has 2 aliphatic carbocycles. The van der Waals surface area contributed by atoms with Crippen molar-refractivity contribution < 1.29 is 23.9 Å². The molecule has 5 heteroatoms. The Morgan fingerprint density at radius 2 is 2.00 bits per heavy atom. The number of allylic oxidation sites excluding steroid dienone is 3. The van der Waals surface area contributed by atoms with Crippen molar-refractivity contribution in [3.8, 4) is 0 Å². The first kappa shape index (κ1) is 20.1. The minimum atomic E-state index is -0.623. The first-order valence-corrected chi connectivity index (χ1v) is 9.06. The molecule has 0 aromatic rings. The highest BCUT2D eigenvalue weighted by Crippen LogP contribution is 2.50. The normalized spacial score (nSPS) is 29.9. The van der Waals surface area contributed by atoms with Gasteiger partial charge < -0.3 is 9.47 Å². The third-order valence-corrected chi connectivity index (χ3v) is 5.91. The summed E-state index contributed by atoms with van der Waals surface area (Å²) in [5.74, 6) is -1.36. The Bertz CT molecular complexity index is 712. The van der Waals surface area contributed by atoms with Gasteiger partial charge in [0.15, 0.2) is 5.78 Å². The molecule has 2 rings (SSSR count). The van der Waals surface area contributed by atoms with Gasteiger partial charge in [0.05, 0.1) is 13.0 Å². The zero-order chi connectivity index (χ0) is 19.6. The van der Waals surface area contributed by atoms with Crippen molar-refractivity contribution in [2.75, 3.05) is 7.11 Å². The number of methoxy groups -OCH3 is 1. The Morgan fingerprint density at radius 3 is 2.58 bits per heavy atom. The number of rotatable bonds is 4. The van der Waals surface area contributed by atoms with Gasteiger partial charge in [0, 0.05) is 16.6 Å². The maximum Gasteiger partial charge on any atom is 0.333 e. The molecule has 0 heterocycles. The molecule has 0 amide bonds. The summed E-state index contributed by atoms with van der Waals surface area (Å²) >= 11 is 0. The third-order valence-electron chi connectivity index (χ3n) is 5.91. The topological polar surface area (TPSA) is 69.7 Å². The van der Waals surface area contributed by atoms with E-state index in [9.17, 15) is 14.4 Å². The van der Waals surface area contributed by atoms with E-state index in [-0.39, 0.29) is 17.7 Å². The summed E-state index contributed by atoms with van der Waals surface area (Å²) in [5.41, 5.74) is 1.38. The predicted molar refractivity (Wildman–Crippen MR) is 98.2 cm³/mol. The summed E-state index contributed by atoms with van der Waals surface area (Å²) in [4.78, 5) is 36.8.